The highest BCUT2D eigenvalue weighted by molar-refractivity contribution is 7.77. The third-order valence-electron chi connectivity index (χ3n) is 4.63. The molecule has 0 bridgehead atoms. The maximum absolute atomic E-state index is 7.08. The Hall–Kier alpha value is -2.79. The zero-order chi connectivity index (χ0) is 21.3. The Morgan fingerprint density at radius 1 is 1.23 bits per heavy atom. The van der Waals surface area contributed by atoms with Crippen LogP contribution in [-0.2, 0) is 6.54 Å². The van der Waals surface area contributed by atoms with E-state index in [0.29, 0.717) is 24.1 Å². The van der Waals surface area contributed by atoms with Crippen LogP contribution in [0.4, 0.5) is 0 Å². The van der Waals surface area contributed by atoms with Crippen molar-refractivity contribution in [2.75, 3.05) is 26.2 Å². The van der Waals surface area contributed by atoms with Gasteiger partial charge in [0.25, 0.3) is 0 Å². The Labute approximate surface area is 180 Å². The van der Waals surface area contributed by atoms with Crippen LogP contribution in [-0.4, -0.2) is 57.4 Å². The quantitative estimate of drug-likeness (QED) is 0.302. The lowest BCUT2D eigenvalue weighted by atomic mass is 10.0. The summed E-state index contributed by atoms with van der Waals surface area (Å²) in [6.45, 7) is 6.67. The fourth-order valence-electron chi connectivity index (χ4n) is 3.27. The maximum Gasteiger partial charge on any atom is 0.241 e. The SMILES string of the molecule is Cc1cc(-c2noc(CN3CCNCC3)n2)cc(-c2cnc(/C=C\C=N)[nH]2)c1.NS. The monoisotopic (exact) mass is 426 g/mol. The summed E-state index contributed by atoms with van der Waals surface area (Å²) in [5, 5.41) is 18.8. The third kappa shape index (κ3) is 5.63. The Morgan fingerprint density at radius 3 is 2.77 bits per heavy atom. The van der Waals surface area contributed by atoms with E-state index in [-0.39, 0.29) is 0 Å². The molecule has 1 saturated heterocycles. The van der Waals surface area contributed by atoms with Crippen molar-refractivity contribution in [3.8, 4) is 22.6 Å². The molecule has 0 atom stereocenters. The molecule has 9 nitrogen and oxygen atoms in total. The summed E-state index contributed by atoms with van der Waals surface area (Å²) in [6.07, 6.45) is 6.40. The molecular weight excluding hydrogens is 400 g/mol. The van der Waals surface area contributed by atoms with Gasteiger partial charge in [-0.2, -0.15) is 4.98 Å². The normalized spacial score (nSPS) is 14.5. The molecule has 0 aliphatic carbocycles. The second-order valence-corrected chi connectivity index (χ2v) is 6.83. The molecule has 1 aliphatic rings. The summed E-state index contributed by atoms with van der Waals surface area (Å²) in [4.78, 5) is 14.5. The number of imidazole rings is 1. The van der Waals surface area contributed by atoms with E-state index in [0.717, 1.165) is 48.6 Å². The van der Waals surface area contributed by atoms with Crippen LogP contribution in [0.5, 0.6) is 0 Å². The summed E-state index contributed by atoms with van der Waals surface area (Å²) in [6, 6.07) is 6.17. The number of piperazine rings is 1. The van der Waals surface area contributed by atoms with Crippen LogP contribution in [0, 0.1) is 12.3 Å². The number of hydrogen-bond acceptors (Lipinski definition) is 9. The molecular formula is C20H26N8OS. The highest BCUT2D eigenvalue weighted by Crippen LogP contribution is 2.26. The number of hydrogen-bond donors (Lipinski definition) is 5. The van der Waals surface area contributed by atoms with Crippen molar-refractivity contribution in [3.05, 3.63) is 47.8 Å². The molecule has 3 aromatic rings. The Bertz CT molecular complexity index is 990. The second-order valence-electron chi connectivity index (χ2n) is 6.83. The average Bonchev–Trinajstić information content (AvgIpc) is 3.44. The molecule has 1 aromatic carbocycles. The lowest BCUT2D eigenvalue weighted by Gasteiger charge is -2.25. The average molecular weight is 427 g/mol. The predicted molar refractivity (Wildman–Crippen MR) is 121 cm³/mol. The van der Waals surface area contributed by atoms with Gasteiger partial charge in [0.1, 0.15) is 5.82 Å². The lowest BCUT2D eigenvalue weighted by Crippen LogP contribution is -2.42. The van der Waals surface area contributed by atoms with Gasteiger partial charge >= 0.3 is 0 Å². The first kappa shape index (κ1) is 21.9. The zero-order valence-electron chi connectivity index (χ0n) is 16.8. The van der Waals surface area contributed by atoms with Crippen LogP contribution < -0.4 is 10.5 Å². The van der Waals surface area contributed by atoms with Crippen molar-refractivity contribution in [1.82, 2.24) is 30.3 Å². The number of nitrogens with one attached hydrogen (secondary N) is 3. The number of aromatic nitrogens is 4. The molecule has 0 unspecified atom stereocenters. The molecule has 0 amide bonds. The van der Waals surface area contributed by atoms with E-state index in [4.69, 9.17) is 9.93 Å². The highest BCUT2D eigenvalue weighted by Gasteiger charge is 2.16. The molecule has 2 aromatic heterocycles. The molecule has 0 saturated carbocycles. The summed E-state index contributed by atoms with van der Waals surface area (Å²) >= 11 is 3.03. The predicted octanol–water partition coefficient (Wildman–Crippen LogP) is 2.29. The molecule has 5 N–H and O–H groups in total. The topological polar surface area (TPSA) is 133 Å². The fraction of sp³-hybridized carbons (Fsp3) is 0.300. The Balaban J connectivity index is 0.00000124. The summed E-state index contributed by atoms with van der Waals surface area (Å²) < 4.78 is 5.48. The molecule has 1 fully saturated rings. The number of thiol groups is 1. The second kappa shape index (κ2) is 10.8. The van der Waals surface area contributed by atoms with Crippen molar-refractivity contribution in [2.24, 2.45) is 5.14 Å². The van der Waals surface area contributed by atoms with Crippen molar-refractivity contribution in [1.29, 1.82) is 5.41 Å². The fourth-order valence-corrected chi connectivity index (χ4v) is 3.27. The van der Waals surface area contributed by atoms with Crippen LogP contribution in [0.15, 0.2) is 35.0 Å². The Kier molecular flexibility index (Phi) is 7.91. The van der Waals surface area contributed by atoms with Gasteiger partial charge in [0, 0.05) is 43.5 Å². The maximum atomic E-state index is 7.08. The number of nitrogens with zero attached hydrogens (tertiary/aromatic N) is 4. The molecule has 1 aliphatic heterocycles. The summed E-state index contributed by atoms with van der Waals surface area (Å²) in [5.74, 6) is 1.94. The van der Waals surface area contributed by atoms with Crippen molar-refractivity contribution in [2.45, 2.75) is 13.5 Å². The number of H-pyrrole nitrogens is 1. The standard InChI is InChI=1S/C20H23N7O.H3NS/c1-14-9-15(17-12-23-18(24-17)3-2-4-21)11-16(10-14)20-25-19(28-26-20)13-27-7-5-22-6-8-27;1-2/h2-4,9-12,21-22H,5-8,13H2,1H3,(H,23,24);2H,1H2/b3-2-,21-4?;. The van der Waals surface area contributed by atoms with Gasteiger partial charge < -0.3 is 20.2 Å². The minimum Gasteiger partial charge on any atom is -0.338 e. The number of nitrogens with two attached hydrogens (primary N) is 1. The van der Waals surface area contributed by atoms with Gasteiger partial charge in [-0.3, -0.25) is 10.0 Å². The van der Waals surface area contributed by atoms with Crippen LogP contribution in [0.2, 0.25) is 0 Å². The van der Waals surface area contributed by atoms with Crippen LogP contribution in [0.3, 0.4) is 0 Å². The van der Waals surface area contributed by atoms with Gasteiger partial charge in [-0.25, -0.2) is 4.98 Å². The van der Waals surface area contributed by atoms with Gasteiger partial charge in [0.05, 0.1) is 18.4 Å². The minimum atomic E-state index is 0.596. The molecule has 158 valence electrons. The molecule has 4 rings (SSSR count). The minimum absolute atomic E-state index is 0.596. The van der Waals surface area contributed by atoms with Gasteiger partial charge in [0.15, 0.2) is 0 Å². The van der Waals surface area contributed by atoms with E-state index in [9.17, 15) is 0 Å². The van der Waals surface area contributed by atoms with E-state index in [1.807, 2.05) is 13.0 Å². The van der Waals surface area contributed by atoms with E-state index in [1.54, 1.807) is 18.3 Å². The smallest absolute Gasteiger partial charge is 0.241 e. The van der Waals surface area contributed by atoms with Gasteiger partial charge in [-0.05, 0) is 42.8 Å². The first-order valence-electron chi connectivity index (χ1n) is 9.57. The number of aryl methyl sites for hydroxylation is 1. The molecule has 0 spiro atoms. The van der Waals surface area contributed by atoms with Crippen molar-refractivity contribution < 1.29 is 4.52 Å². The highest BCUT2D eigenvalue weighted by atomic mass is 32.1. The number of benzene rings is 1. The number of allylic oxidation sites excluding steroid dienone is 1. The van der Waals surface area contributed by atoms with Crippen molar-refractivity contribution in [3.63, 3.8) is 0 Å². The van der Waals surface area contributed by atoms with E-state index >= 15 is 0 Å². The van der Waals surface area contributed by atoms with Crippen LogP contribution in [0.1, 0.15) is 17.3 Å². The largest absolute Gasteiger partial charge is 0.338 e. The lowest BCUT2D eigenvalue weighted by molar-refractivity contribution is 0.203. The van der Waals surface area contributed by atoms with Gasteiger partial charge in [-0.15, -0.1) is 12.8 Å². The summed E-state index contributed by atoms with van der Waals surface area (Å²) in [7, 11) is 0. The van der Waals surface area contributed by atoms with E-state index in [1.165, 1.54) is 6.21 Å². The molecule has 0 radical (unpaired) electrons. The van der Waals surface area contributed by atoms with Crippen molar-refractivity contribution >= 4 is 25.1 Å². The van der Waals surface area contributed by atoms with Gasteiger partial charge in [-0.1, -0.05) is 5.16 Å². The number of aromatic amines is 1. The van der Waals surface area contributed by atoms with Gasteiger partial charge in [0.2, 0.25) is 11.7 Å². The summed E-state index contributed by atoms with van der Waals surface area (Å²) in [5.41, 5.74) is 3.92. The van der Waals surface area contributed by atoms with Crippen LogP contribution >= 0.6 is 12.8 Å². The zero-order valence-corrected chi connectivity index (χ0v) is 17.7. The molecule has 10 heteroatoms. The van der Waals surface area contributed by atoms with E-state index < -0.39 is 0 Å². The van der Waals surface area contributed by atoms with Crippen LogP contribution in [0.25, 0.3) is 28.7 Å². The number of rotatable bonds is 6. The first-order valence-corrected chi connectivity index (χ1v) is 10.1. The molecule has 30 heavy (non-hydrogen) atoms. The third-order valence-corrected chi connectivity index (χ3v) is 4.63. The first-order chi connectivity index (χ1) is 14.7. The molecule has 3 heterocycles. The Morgan fingerprint density at radius 2 is 2.00 bits per heavy atom. The van der Waals surface area contributed by atoms with E-state index in [2.05, 4.69) is 60.4 Å².